The van der Waals surface area contributed by atoms with Crippen LogP contribution in [-0.4, -0.2) is 58.1 Å². The molecule has 7 heteroatoms. The van der Waals surface area contributed by atoms with E-state index in [0.717, 1.165) is 44.2 Å². The predicted molar refractivity (Wildman–Crippen MR) is 125 cm³/mol. The second-order valence-electron chi connectivity index (χ2n) is 7.09. The minimum atomic E-state index is 0. The Morgan fingerprint density at radius 3 is 2.64 bits per heavy atom. The third kappa shape index (κ3) is 8.96. The minimum Gasteiger partial charge on any atom is -0.497 e. The fraction of sp³-hybridized carbons (Fsp3) is 0.667. The fourth-order valence-corrected chi connectivity index (χ4v) is 2.99. The number of nitrogens with zero attached hydrogens (tertiary/aromatic N) is 1. The lowest BCUT2D eigenvalue weighted by Crippen LogP contribution is -2.44. The molecule has 0 radical (unpaired) electrons. The van der Waals surface area contributed by atoms with Gasteiger partial charge in [-0.1, -0.05) is 19.1 Å². The number of nitrogens with one attached hydrogen (secondary N) is 2. The van der Waals surface area contributed by atoms with Gasteiger partial charge in [-0.15, -0.1) is 24.0 Å². The summed E-state index contributed by atoms with van der Waals surface area (Å²) < 4.78 is 16.5. The first-order chi connectivity index (χ1) is 13.1. The number of halogens is 1. The van der Waals surface area contributed by atoms with E-state index in [4.69, 9.17) is 19.2 Å². The quantitative estimate of drug-likeness (QED) is 0.289. The molecular weight excluding hydrogens is 469 g/mol. The average Bonchev–Trinajstić information content (AvgIpc) is 3.20. The molecule has 28 heavy (non-hydrogen) atoms. The summed E-state index contributed by atoms with van der Waals surface area (Å²) >= 11 is 0. The summed E-state index contributed by atoms with van der Waals surface area (Å²) in [4.78, 5) is 4.72. The zero-order chi connectivity index (χ0) is 19.5. The van der Waals surface area contributed by atoms with Gasteiger partial charge in [0.25, 0.3) is 0 Å². The van der Waals surface area contributed by atoms with Crippen molar-refractivity contribution in [1.82, 2.24) is 10.6 Å². The normalized spacial score (nSPS) is 18.9. The van der Waals surface area contributed by atoms with Crippen molar-refractivity contribution >= 4 is 29.9 Å². The molecule has 1 aromatic carbocycles. The maximum absolute atomic E-state index is 5.88. The first kappa shape index (κ1) is 25.0. The largest absolute Gasteiger partial charge is 0.497 e. The highest BCUT2D eigenvalue weighted by Gasteiger charge is 2.17. The number of ether oxygens (including phenoxy) is 3. The Bertz CT molecular complexity index is 563. The molecule has 0 spiro atoms. The topological polar surface area (TPSA) is 64.1 Å². The average molecular weight is 505 g/mol. The molecule has 0 amide bonds. The highest BCUT2D eigenvalue weighted by atomic mass is 127. The molecule has 0 saturated carbocycles. The van der Waals surface area contributed by atoms with Gasteiger partial charge in [0.2, 0.25) is 0 Å². The number of methoxy groups -OCH3 is 1. The van der Waals surface area contributed by atoms with Crippen LogP contribution < -0.4 is 15.4 Å². The van der Waals surface area contributed by atoms with E-state index in [1.165, 1.54) is 5.56 Å². The summed E-state index contributed by atoms with van der Waals surface area (Å²) in [5, 5.41) is 6.74. The van der Waals surface area contributed by atoms with Crippen LogP contribution in [-0.2, 0) is 9.47 Å². The molecule has 1 aliphatic rings. The highest BCUT2D eigenvalue weighted by Crippen LogP contribution is 2.21. The van der Waals surface area contributed by atoms with Crippen LogP contribution in [0.2, 0.25) is 0 Å². The van der Waals surface area contributed by atoms with Gasteiger partial charge in [-0.3, -0.25) is 4.99 Å². The lowest BCUT2D eigenvalue weighted by molar-refractivity contribution is 0.0347. The van der Waals surface area contributed by atoms with Crippen LogP contribution in [0.3, 0.4) is 0 Å². The van der Waals surface area contributed by atoms with Crippen LogP contribution in [0, 0.1) is 0 Å². The standard InChI is InChI=1S/C21H35N3O3.HI/c1-5-22-21(24-17(3)14-27-20-11-13-26-15-20)23-12-10-16(2)18-6-8-19(25-4)9-7-18;/h6-9,16-17,20H,5,10-15H2,1-4H3,(H2,22,23,24);1H. The smallest absolute Gasteiger partial charge is 0.191 e. The Kier molecular flexibility index (Phi) is 12.5. The summed E-state index contributed by atoms with van der Waals surface area (Å²) in [6.07, 6.45) is 2.22. The highest BCUT2D eigenvalue weighted by molar-refractivity contribution is 14.0. The number of rotatable bonds is 10. The van der Waals surface area contributed by atoms with Gasteiger partial charge in [-0.05, 0) is 50.3 Å². The number of hydrogen-bond acceptors (Lipinski definition) is 4. The van der Waals surface area contributed by atoms with Gasteiger partial charge in [0.15, 0.2) is 5.96 Å². The Morgan fingerprint density at radius 2 is 2.04 bits per heavy atom. The maximum atomic E-state index is 5.88. The molecule has 1 aliphatic heterocycles. The molecule has 2 N–H and O–H groups in total. The van der Waals surface area contributed by atoms with E-state index in [-0.39, 0.29) is 36.1 Å². The second kappa shape index (κ2) is 14.0. The lowest BCUT2D eigenvalue weighted by atomic mass is 9.98. The van der Waals surface area contributed by atoms with Crippen LogP contribution in [0.4, 0.5) is 0 Å². The van der Waals surface area contributed by atoms with E-state index >= 15 is 0 Å². The van der Waals surface area contributed by atoms with Crippen molar-refractivity contribution in [2.45, 2.75) is 51.7 Å². The van der Waals surface area contributed by atoms with Crippen molar-refractivity contribution in [2.24, 2.45) is 4.99 Å². The molecule has 6 nitrogen and oxygen atoms in total. The summed E-state index contributed by atoms with van der Waals surface area (Å²) in [5.74, 6) is 2.19. The fourth-order valence-electron chi connectivity index (χ4n) is 2.99. The van der Waals surface area contributed by atoms with E-state index in [1.54, 1.807) is 7.11 Å². The van der Waals surface area contributed by atoms with Gasteiger partial charge in [0.05, 0.1) is 26.4 Å². The van der Waals surface area contributed by atoms with Gasteiger partial charge < -0.3 is 24.8 Å². The summed E-state index contributed by atoms with van der Waals surface area (Å²) in [7, 11) is 1.69. The molecule has 1 saturated heterocycles. The summed E-state index contributed by atoms with van der Waals surface area (Å²) in [5.41, 5.74) is 1.31. The number of aliphatic imine (C=N–C) groups is 1. The molecule has 0 aromatic heterocycles. The third-order valence-corrected chi connectivity index (χ3v) is 4.71. The van der Waals surface area contributed by atoms with Gasteiger partial charge in [0, 0.05) is 25.7 Å². The molecule has 2 rings (SSSR count). The molecule has 3 atom stereocenters. The van der Waals surface area contributed by atoms with Gasteiger partial charge in [0.1, 0.15) is 5.75 Å². The first-order valence-corrected chi connectivity index (χ1v) is 10.0. The maximum Gasteiger partial charge on any atom is 0.191 e. The van der Waals surface area contributed by atoms with Crippen LogP contribution >= 0.6 is 24.0 Å². The minimum absolute atomic E-state index is 0. The van der Waals surface area contributed by atoms with E-state index in [0.29, 0.717) is 19.1 Å². The van der Waals surface area contributed by atoms with Gasteiger partial charge in [-0.25, -0.2) is 0 Å². The molecular formula is C21H36IN3O3. The second-order valence-corrected chi connectivity index (χ2v) is 7.09. The zero-order valence-corrected chi connectivity index (χ0v) is 19.9. The van der Waals surface area contributed by atoms with E-state index in [9.17, 15) is 0 Å². The number of guanidine groups is 1. The van der Waals surface area contributed by atoms with Crippen LogP contribution in [0.25, 0.3) is 0 Å². The van der Waals surface area contributed by atoms with Crippen molar-refractivity contribution in [1.29, 1.82) is 0 Å². The van der Waals surface area contributed by atoms with E-state index in [1.807, 2.05) is 12.1 Å². The summed E-state index contributed by atoms with van der Waals surface area (Å²) in [6, 6.07) is 8.48. The molecule has 0 aliphatic carbocycles. The van der Waals surface area contributed by atoms with Crippen LogP contribution in [0.1, 0.15) is 45.1 Å². The predicted octanol–water partition coefficient (Wildman–Crippen LogP) is 3.56. The molecule has 0 bridgehead atoms. The molecule has 1 heterocycles. The Morgan fingerprint density at radius 1 is 1.29 bits per heavy atom. The molecule has 3 unspecified atom stereocenters. The Labute approximate surface area is 186 Å². The number of benzene rings is 1. The van der Waals surface area contributed by atoms with Gasteiger partial charge >= 0.3 is 0 Å². The van der Waals surface area contributed by atoms with Crippen molar-refractivity contribution in [3.8, 4) is 5.75 Å². The van der Waals surface area contributed by atoms with Crippen LogP contribution in [0.15, 0.2) is 29.3 Å². The van der Waals surface area contributed by atoms with Crippen molar-refractivity contribution in [2.75, 3.05) is 40.0 Å². The third-order valence-electron chi connectivity index (χ3n) is 4.71. The molecule has 160 valence electrons. The van der Waals surface area contributed by atoms with Gasteiger partial charge in [-0.2, -0.15) is 0 Å². The first-order valence-electron chi connectivity index (χ1n) is 10.0. The van der Waals surface area contributed by atoms with Crippen LogP contribution in [0.5, 0.6) is 5.75 Å². The summed E-state index contributed by atoms with van der Waals surface area (Å²) in [6.45, 7) is 10.2. The number of hydrogen-bond donors (Lipinski definition) is 2. The van der Waals surface area contributed by atoms with Crippen molar-refractivity contribution in [3.05, 3.63) is 29.8 Å². The Balaban J connectivity index is 0.00000392. The SMILES string of the molecule is CCNC(=NCCC(C)c1ccc(OC)cc1)NC(C)COC1CCOC1.I. The van der Waals surface area contributed by atoms with E-state index < -0.39 is 0 Å². The molecule has 1 aromatic rings. The Hall–Kier alpha value is -1.06. The molecule has 1 fully saturated rings. The van der Waals surface area contributed by atoms with Crippen molar-refractivity contribution < 1.29 is 14.2 Å². The lowest BCUT2D eigenvalue weighted by Gasteiger charge is -2.20. The van der Waals surface area contributed by atoms with Crippen molar-refractivity contribution in [3.63, 3.8) is 0 Å². The monoisotopic (exact) mass is 505 g/mol. The van der Waals surface area contributed by atoms with E-state index in [2.05, 4.69) is 43.5 Å². The zero-order valence-electron chi connectivity index (χ0n) is 17.6.